The minimum atomic E-state index is -4.78. The van der Waals surface area contributed by atoms with Crippen LogP contribution in [0.4, 0.5) is 0 Å². The fourth-order valence-electron chi connectivity index (χ4n) is 0.0868. The van der Waals surface area contributed by atoms with E-state index in [0.717, 1.165) is 0 Å². The van der Waals surface area contributed by atoms with Crippen molar-refractivity contribution in [2.24, 2.45) is 0 Å². The van der Waals surface area contributed by atoms with Crippen LogP contribution in [0.2, 0.25) is 0 Å². The van der Waals surface area contributed by atoms with Crippen molar-refractivity contribution >= 4 is 7.82 Å². The Morgan fingerprint density at radius 3 is 1.75 bits per heavy atom. The Kier molecular flexibility index (Phi) is 2.83. The second-order valence-corrected chi connectivity index (χ2v) is 3.40. The Morgan fingerprint density at radius 1 is 1.38 bits per heavy atom. The molecular formula is H2O6PV. The van der Waals surface area contributed by atoms with E-state index in [2.05, 4.69) is 3.45 Å². The van der Waals surface area contributed by atoms with Crippen LogP contribution in [0, 0.1) is 0 Å². The molecule has 48 valence electrons. The molecule has 0 aliphatic heterocycles. The van der Waals surface area contributed by atoms with Gasteiger partial charge >= 0.3 is 48.4 Å². The summed E-state index contributed by atoms with van der Waals surface area (Å²) in [6.45, 7) is 0. The Hall–Kier alpha value is 0.294. The summed E-state index contributed by atoms with van der Waals surface area (Å²) in [5, 5.41) is 0. The Balaban J connectivity index is 3.94. The third kappa shape index (κ3) is 6.29. The second kappa shape index (κ2) is 2.73. The normalized spacial score (nSPS) is 11.2. The maximum atomic E-state index is 9.55. The zero-order valence-corrected chi connectivity index (χ0v) is 5.71. The van der Waals surface area contributed by atoms with Crippen LogP contribution < -0.4 is 0 Å². The molecule has 0 rings (SSSR count). The Bertz CT molecular complexity index is 163. The van der Waals surface area contributed by atoms with Crippen LogP contribution in [-0.2, 0) is 30.8 Å². The van der Waals surface area contributed by atoms with Gasteiger partial charge in [-0.3, -0.25) is 0 Å². The molecule has 0 aliphatic carbocycles. The van der Waals surface area contributed by atoms with Gasteiger partial charge in [-0.15, -0.1) is 0 Å². The Morgan fingerprint density at radius 2 is 1.75 bits per heavy atom. The molecular weight excluding hydrogens is 178 g/mol. The number of rotatable bonds is 2. The summed E-state index contributed by atoms with van der Waals surface area (Å²) >= 11 is -4.12. The van der Waals surface area contributed by atoms with Crippen LogP contribution in [0.1, 0.15) is 0 Å². The molecule has 0 atom stereocenters. The fraction of sp³-hybridized carbons (Fsp3) is 0. The molecule has 0 radical (unpaired) electrons. The summed E-state index contributed by atoms with van der Waals surface area (Å²) in [4.78, 5) is 15.4. The van der Waals surface area contributed by atoms with E-state index in [0.29, 0.717) is 0 Å². The maximum absolute atomic E-state index is 9.55. The van der Waals surface area contributed by atoms with Crippen molar-refractivity contribution < 1.29 is 40.5 Å². The van der Waals surface area contributed by atoms with Gasteiger partial charge in [0.25, 0.3) is 0 Å². The van der Waals surface area contributed by atoms with Gasteiger partial charge in [-0.25, -0.2) is 0 Å². The van der Waals surface area contributed by atoms with E-state index < -0.39 is 23.2 Å². The van der Waals surface area contributed by atoms with Crippen molar-refractivity contribution in [3.63, 3.8) is 0 Å². The summed E-state index contributed by atoms with van der Waals surface area (Å²) in [6.07, 6.45) is 0. The van der Waals surface area contributed by atoms with Crippen molar-refractivity contribution in [2.45, 2.75) is 0 Å². The van der Waals surface area contributed by atoms with Crippen molar-refractivity contribution in [1.82, 2.24) is 0 Å². The SMILES string of the molecule is [O]=[V](=[O])[O]P(=O)(O)O. The van der Waals surface area contributed by atoms with Crippen molar-refractivity contribution in [3.05, 3.63) is 0 Å². The quantitative estimate of drug-likeness (QED) is 0.545. The van der Waals surface area contributed by atoms with Gasteiger partial charge in [-0.2, -0.15) is 0 Å². The first-order valence-electron chi connectivity index (χ1n) is 1.31. The summed E-state index contributed by atoms with van der Waals surface area (Å²) in [5.74, 6) is 0. The molecule has 0 aliphatic rings. The fourth-order valence-corrected chi connectivity index (χ4v) is 1.07. The van der Waals surface area contributed by atoms with E-state index in [4.69, 9.17) is 9.79 Å². The number of phosphoric acid groups is 1. The molecule has 0 saturated carbocycles. The van der Waals surface area contributed by atoms with E-state index in [1.165, 1.54) is 0 Å². The minimum absolute atomic E-state index is 3.14. The van der Waals surface area contributed by atoms with E-state index in [1.807, 2.05) is 0 Å². The van der Waals surface area contributed by atoms with Gasteiger partial charge in [0.05, 0.1) is 0 Å². The van der Waals surface area contributed by atoms with Gasteiger partial charge < -0.3 is 0 Å². The van der Waals surface area contributed by atoms with Crippen molar-refractivity contribution in [2.75, 3.05) is 0 Å². The van der Waals surface area contributed by atoms with Crippen molar-refractivity contribution in [1.29, 1.82) is 0 Å². The van der Waals surface area contributed by atoms with E-state index in [-0.39, 0.29) is 0 Å². The van der Waals surface area contributed by atoms with Gasteiger partial charge in [-0.05, 0) is 0 Å². The molecule has 8 heavy (non-hydrogen) atoms. The predicted molar refractivity (Wildman–Crippen MR) is 14.5 cm³/mol. The molecule has 0 fully saturated rings. The molecule has 0 bridgehead atoms. The second-order valence-electron chi connectivity index (χ2n) is 0.796. The van der Waals surface area contributed by atoms with E-state index in [9.17, 15) is 11.9 Å². The van der Waals surface area contributed by atoms with Crippen LogP contribution >= 0.6 is 7.82 Å². The first-order valence-corrected chi connectivity index (χ1v) is 4.55. The molecule has 2 N–H and O–H groups in total. The zero-order valence-electron chi connectivity index (χ0n) is 3.42. The number of hydrogen-bond acceptors (Lipinski definition) is 4. The first-order chi connectivity index (χ1) is 3.42. The molecule has 0 aromatic heterocycles. The topological polar surface area (TPSA) is 101 Å². The monoisotopic (exact) mass is 180 g/mol. The molecule has 8 heteroatoms. The van der Waals surface area contributed by atoms with Crippen LogP contribution in [0.25, 0.3) is 0 Å². The molecule has 0 saturated heterocycles. The molecule has 6 nitrogen and oxygen atoms in total. The van der Waals surface area contributed by atoms with E-state index >= 15 is 0 Å². The zero-order chi connectivity index (χ0) is 6.78. The summed E-state index contributed by atoms with van der Waals surface area (Å²) in [6, 6.07) is 0. The molecule has 0 spiro atoms. The number of hydrogen-bond donors (Lipinski definition) is 2. The van der Waals surface area contributed by atoms with Gasteiger partial charge in [0.1, 0.15) is 0 Å². The van der Waals surface area contributed by atoms with Crippen molar-refractivity contribution in [3.8, 4) is 0 Å². The first kappa shape index (κ1) is 8.29. The van der Waals surface area contributed by atoms with Crippen LogP contribution in [-0.4, -0.2) is 9.79 Å². The van der Waals surface area contributed by atoms with Crippen LogP contribution in [0.15, 0.2) is 0 Å². The Labute approximate surface area is 49.1 Å². The van der Waals surface area contributed by atoms with Gasteiger partial charge in [0, 0.05) is 0 Å². The third-order valence-corrected chi connectivity index (χ3v) is 2.14. The molecule has 0 unspecified atom stereocenters. The van der Waals surface area contributed by atoms with Gasteiger partial charge in [0.15, 0.2) is 0 Å². The molecule has 0 amide bonds. The van der Waals surface area contributed by atoms with Crippen LogP contribution in [0.5, 0.6) is 0 Å². The average molecular weight is 180 g/mol. The van der Waals surface area contributed by atoms with Gasteiger partial charge in [-0.1, -0.05) is 0 Å². The van der Waals surface area contributed by atoms with Crippen LogP contribution in [0.3, 0.4) is 0 Å². The third-order valence-electron chi connectivity index (χ3n) is 0.173. The average Bonchev–Trinajstić information content (AvgIpc) is 1.21. The molecule has 0 heterocycles. The molecule has 0 aromatic rings. The summed E-state index contributed by atoms with van der Waals surface area (Å²) in [5.41, 5.74) is 0. The summed E-state index contributed by atoms with van der Waals surface area (Å²) in [7, 11) is -4.78. The predicted octanol–water partition coefficient (Wildman–Crippen LogP) is -0.680. The van der Waals surface area contributed by atoms with Gasteiger partial charge in [0.2, 0.25) is 0 Å². The standard InChI is InChI=1S/H3O4P.2O.V/c1-5(2,3)4;;;/h(H3,1,2,3,4);;;/q;;;+1/p-1. The molecule has 0 aromatic carbocycles. The van der Waals surface area contributed by atoms with E-state index in [1.54, 1.807) is 0 Å². The summed E-state index contributed by atoms with van der Waals surface area (Å²) < 4.78 is 31.5.